The summed E-state index contributed by atoms with van der Waals surface area (Å²) in [5.41, 5.74) is 1.75. The van der Waals surface area contributed by atoms with Gasteiger partial charge in [0.15, 0.2) is 0 Å². The fourth-order valence-corrected chi connectivity index (χ4v) is 2.63. The van der Waals surface area contributed by atoms with Crippen LogP contribution in [0.15, 0.2) is 11.6 Å². The largest absolute Gasteiger partial charge is 0.306 e. The third-order valence-corrected chi connectivity index (χ3v) is 3.94. The van der Waals surface area contributed by atoms with Crippen molar-refractivity contribution in [1.82, 2.24) is 4.90 Å². The van der Waals surface area contributed by atoms with Crippen LogP contribution in [-0.2, 0) is 0 Å². The Balaban J connectivity index is 2.42. The molecule has 0 bridgehead atoms. The Morgan fingerprint density at radius 3 is 2.06 bits per heavy atom. The summed E-state index contributed by atoms with van der Waals surface area (Å²) >= 11 is 0. The highest BCUT2D eigenvalue weighted by molar-refractivity contribution is 5.05. The predicted molar refractivity (Wildman–Crippen MR) is 77.4 cm³/mol. The Labute approximate surface area is 108 Å². The van der Waals surface area contributed by atoms with Gasteiger partial charge >= 0.3 is 0 Å². The van der Waals surface area contributed by atoms with E-state index in [4.69, 9.17) is 0 Å². The zero-order valence-corrected chi connectivity index (χ0v) is 12.2. The SMILES string of the molecule is CCCCC(=CC1CCN(C)CC1)CCCC. The van der Waals surface area contributed by atoms with E-state index < -0.39 is 0 Å². The molecule has 1 nitrogen and oxygen atoms in total. The minimum Gasteiger partial charge on any atom is -0.306 e. The van der Waals surface area contributed by atoms with Crippen LogP contribution in [0.25, 0.3) is 0 Å². The zero-order chi connectivity index (χ0) is 12.5. The average molecular weight is 237 g/mol. The summed E-state index contributed by atoms with van der Waals surface area (Å²) in [5, 5.41) is 0. The average Bonchev–Trinajstić information content (AvgIpc) is 2.35. The molecule has 1 heterocycles. The molecule has 0 amide bonds. The van der Waals surface area contributed by atoms with Crippen molar-refractivity contribution in [3.8, 4) is 0 Å². The van der Waals surface area contributed by atoms with Gasteiger partial charge in [0.1, 0.15) is 0 Å². The lowest BCUT2D eigenvalue weighted by Gasteiger charge is -2.27. The predicted octanol–water partition coefficient (Wildman–Crippen LogP) is 4.64. The molecule has 17 heavy (non-hydrogen) atoms. The number of hydrogen-bond donors (Lipinski definition) is 0. The van der Waals surface area contributed by atoms with Crippen LogP contribution in [0.4, 0.5) is 0 Å². The number of allylic oxidation sites excluding steroid dienone is 2. The van der Waals surface area contributed by atoms with Crippen LogP contribution < -0.4 is 0 Å². The quantitative estimate of drug-likeness (QED) is 0.583. The Bertz CT molecular complexity index is 202. The van der Waals surface area contributed by atoms with Gasteiger partial charge in [-0.15, -0.1) is 0 Å². The molecule has 0 saturated carbocycles. The van der Waals surface area contributed by atoms with Crippen molar-refractivity contribution in [3.63, 3.8) is 0 Å². The van der Waals surface area contributed by atoms with Gasteiger partial charge in [-0.1, -0.05) is 38.3 Å². The molecule has 0 aromatic rings. The molecule has 0 N–H and O–H groups in total. The lowest BCUT2D eigenvalue weighted by molar-refractivity contribution is 0.243. The van der Waals surface area contributed by atoms with Crippen LogP contribution in [0.2, 0.25) is 0 Å². The van der Waals surface area contributed by atoms with Gasteiger partial charge in [-0.25, -0.2) is 0 Å². The number of likely N-dealkylation sites (tertiary alicyclic amines) is 1. The molecule has 0 spiro atoms. The van der Waals surface area contributed by atoms with Crippen molar-refractivity contribution < 1.29 is 0 Å². The number of unbranched alkanes of at least 4 members (excludes halogenated alkanes) is 2. The summed E-state index contributed by atoms with van der Waals surface area (Å²) in [6.07, 6.45) is 13.5. The summed E-state index contributed by atoms with van der Waals surface area (Å²) in [7, 11) is 2.25. The van der Waals surface area contributed by atoms with E-state index in [1.165, 1.54) is 64.5 Å². The third-order valence-electron chi connectivity index (χ3n) is 3.94. The molecule has 1 rings (SSSR count). The third kappa shape index (κ3) is 6.26. The van der Waals surface area contributed by atoms with Gasteiger partial charge in [0.2, 0.25) is 0 Å². The first-order chi connectivity index (χ1) is 8.26. The van der Waals surface area contributed by atoms with Gasteiger partial charge < -0.3 is 4.90 Å². The van der Waals surface area contributed by atoms with Gasteiger partial charge in [0.05, 0.1) is 0 Å². The topological polar surface area (TPSA) is 3.24 Å². The molecule has 1 heteroatoms. The lowest BCUT2D eigenvalue weighted by atomic mass is 9.91. The number of nitrogens with zero attached hydrogens (tertiary/aromatic N) is 1. The molecular weight excluding hydrogens is 206 g/mol. The van der Waals surface area contributed by atoms with Gasteiger partial charge in [0.25, 0.3) is 0 Å². The highest BCUT2D eigenvalue weighted by atomic mass is 15.1. The van der Waals surface area contributed by atoms with E-state index in [1.54, 1.807) is 5.57 Å². The van der Waals surface area contributed by atoms with E-state index in [-0.39, 0.29) is 0 Å². The van der Waals surface area contributed by atoms with Crippen molar-refractivity contribution >= 4 is 0 Å². The molecule has 0 atom stereocenters. The lowest BCUT2D eigenvalue weighted by Crippen LogP contribution is -2.29. The van der Waals surface area contributed by atoms with E-state index in [2.05, 4.69) is 31.9 Å². The second-order valence-electron chi connectivity index (χ2n) is 5.67. The van der Waals surface area contributed by atoms with E-state index in [0.717, 1.165) is 5.92 Å². The highest BCUT2D eigenvalue weighted by Crippen LogP contribution is 2.23. The van der Waals surface area contributed by atoms with Crippen molar-refractivity contribution in [1.29, 1.82) is 0 Å². The minimum atomic E-state index is 0.870. The van der Waals surface area contributed by atoms with Gasteiger partial charge in [0, 0.05) is 0 Å². The van der Waals surface area contributed by atoms with Gasteiger partial charge in [-0.3, -0.25) is 0 Å². The molecule has 100 valence electrons. The molecule has 0 radical (unpaired) electrons. The van der Waals surface area contributed by atoms with Crippen LogP contribution in [0.1, 0.15) is 65.2 Å². The molecule has 0 aromatic carbocycles. The molecule has 0 aromatic heterocycles. The van der Waals surface area contributed by atoms with Crippen molar-refractivity contribution in [3.05, 3.63) is 11.6 Å². The molecule has 1 saturated heterocycles. The van der Waals surface area contributed by atoms with Crippen LogP contribution in [-0.4, -0.2) is 25.0 Å². The van der Waals surface area contributed by atoms with Gasteiger partial charge in [-0.05, 0) is 64.6 Å². The molecule has 1 aliphatic rings. The second-order valence-corrected chi connectivity index (χ2v) is 5.67. The fraction of sp³-hybridized carbons (Fsp3) is 0.875. The van der Waals surface area contributed by atoms with E-state index in [9.17, 15) is 0 Å². The highest BCUT2D eigenvalue weighted by Gasteiger charge is 2.14. The first kappa shape index (κ1) is 14.8. The molecular formula is C16H31N. The van der Waals surface area contributed by atoms with Crippen LogP contribution in [0.3, 0.4) is 0 Å². The summed E-state index contributed by atoms with van der Waals surface area (Å²) in [4.78, 5) is 2.46. The van der Waals surface area contributed by atoms with E-state index in [1.807, 2.05) is 0 Å². The van der Waals surface area contributed by atoms with Crippen molar-refractivity contribution in [2.45, 2.75) is 65.2 Å². The van der Waals surface area contributed by atoms with Crippen molar-refractivity contribution in [2.24, 2.45) is 5.92 Å². The van der Waals surface area contributed by atoms with E-state index >= 15 is 0 Å². The smallest absolute Gasteiger partial charge is 0.00162 e. The Morgan fingerprint density at radius 1 is 1.06 bits per heavy atom. The van der Waals surface area contributed by atoms with Crippen LogP contribution >= 0.6 is 0 Å². The minimum absolute atomic E-state index is 0.870. The monoisotopic (exact) mass is 237 g/mol. The Morgan fingerprint density at radius 2 is 1.59 bits per heavy atom. The zero-order valence-electron chi connectivity index (χ0n) is 12.2. The number of piperidine rings is 1. The Hall–Kier alpha value is -0.300. The molecule has 1 fully saturated rings. The number of rotatable bonds is 7. The van der Waals surface area contributed by atoms with Crippen molar-refractivity contribution in [2.75, 3.05) is 20.1 Å². The molecule has 0 unspecified atom stereocenters. The first-order valence-electron chi connectivity index (χ1n) is 7.64. The summed E-state index contributed by atoms with van der Waals surface area (Å²) < 4.78 is 0. The molecule has 0 aliphatic carbocycles. The maximum Gasteiger partial charge on any atom is -0.00162 e. The first-order valence-corrected chi connectivity index (χ1v) is 7.64. The standard InChI is InChI=1S/C16H31N/c1-4-6-8-15(9-7-5-2)14-16-10-12-17(3)13-11-16/h14,16H,4-13H2,1-3H3. The normalized spacial score (nSPS) is 18.3. The van der Waals surface area contributed by atoms with E-state index in [0.29, 0.717) is 0 Å². The second kappa shape index (κ2) is 8.74. The summed E-state index contributed by atoms with van der Waals surface area (Å²) in [6.45, 7) is 7.17. The fourth-order valence-electron chi connectivity index (χ4n) is 2.63. The Kier molecular flexibility index (Phi) is 7.59. The number of hydrogen-bond acceptors (Lipinski definition) is 1. The maximum atomic E-state index is 2.64. The summed E-state index contributed by atoms with van der Waals surface area (Å²) in [5.74, 6) is 0.870. The van der Waals surface area contributed by atoms with Crippen LogP contribution in [0, 0.1) is 5.92 Å². The summed E-state index contributed by atoms with van der Waals surface area (Å²) in [6, 6.07) is 0. The van der Waals surface area contributed by atoms with Crippen LogP contribution in [0.5, 0.6) is 0 Å². The molecule has 1 aliphatic heterocycles. The maximum absolute atomic E-state index is 2.64. The van der Waals surface area contributed by atoms with Gasteiger partial charge in [-0.2, -0.15) is 0 Å².